The van der Waals surface area contributed by atoms with Gasteiger partial charge in [-0.2, -0.15) is 0 Å². The first-order chi connectivity index (χ1) is 9.97. The molecule has 1 aliphatic rings. The fraction of sp³-hybridized carbons (Fsp3) is 0.706. The third kappa shape index (κ3) is 4.60. The summed E-state index contributed by atoms with van der Waals surface area (Å²) in [5.74, 6) is 1.73. The van der Waals surface area contributed by atoms with Crippen molar-refractivity contribution < 1.29 is 4.79 Å². The average molecular weight is 355 g/mol. The normalized spacial score (nSPS) is 22.5. The quantitative estimate of drug-likeness (QED) is 0.811. The number of amides is 1. The number of carbonyl (C=O) groups excluding carboxylic acids is 1. The third-order valence-corrected chi connectivity index (χ3v) is 5.01. The molecule has 0 unspecified atom stereocenters. The van der Waals surface area contributed by atoms with E-state index in [4.69, 9.17) is 0 Å². The number of hydrogen-bond acceptors (Lipinski definition) is 1. The van der Waals surface area contributed by atoms with Crippen molar-refractivity contribution in [3.8, 4) is 0 Å². The molecule has 1 fully saturated rings. The zero-order valence-electron chi connectivity index (χ0n) is 13.4. The summed E-state index contributed by atoms with van der Waals surface area (Å²) in [6.07, 6.45) is 8.43. The van der Waals surface area contributed by atoms with Crippen LogP contribution in [0.3, 0.4) is 0 Å². The van der Waals surface area contributed by atoms with Crippen molar-refractivity contribution in [2.24, 2.45) is 11.8 Å². The Kier molecular flexibility index (Phi) is 5.91. The largest absolute Gasteiger partial charge is 0.351 e. The summed E-state index contributed by atoms with van der Waals surface area (Å²) in [6, 6.07) is 2.19. The maximum Gasteiger partial charge on any atom is 0.267 e. The molecule has 1 aliphatic carbocycles. The van der Waals surface area contributed by atoms with E-state index in [-0.39, 0.29) is 11.9 Å². The third-order valence-electron chi connectivity index (χ3n) is 4.58. The molecule has 1 aromatic rings. The highest BCUT2D eigenvalue weighted by atomic mass is 79.9. The van der Waals surface area contributed by atoms with Gasteiger partial charge in [0.15, 0.2) is 0 Å². The van der Waals surface area contributed by atoms with Crippen molar-refractivity contribution in [3.05, 3.63) is 22.4 Å². The first kappa shape index (κ1) is 16.6. The van der Waals surface area contributed by atoms with E-state index in [0.29, 0.717) is 0 Å². The van der Waals surface area contributed by atoms with Crippen LogP contribution in [0.25, 0.3) is 0 Å². The van der Waals surface area contributed by atoms with Crippen molar-refractivity contribution in [1.82, 2.24) is 9.88 Å². The standard InChI is InChI=1S/C17H27BrN2O/c1-12(2)20-11-15(18)10-16(20)17(21)19-9-8-14-6-4-13(3)5-7-14/h10-14H,4-9H2,1-3H3,(H,19,21). The molecule has 0 atom stereocenters. The molecule has 0 aromatic carbocycles. The van der Waals surface area contributed by atoms with E-state index in [1.165, 1.54) is 25.7 Å². The first-order valence-corrected chi connectivity index (χ1v) is 8.92. The summed E-state index contributed by atoms with van der Waals surface area (Å²) in [7, 11) is 0. The fourth-order valence-corrected chi connectivity index (χ4v) is 3.59. The number of aromatic nitrogens is 1. The lowest BCUT2D eigenvalue weighted by molar-refractivity contribution is 0.0939. The van der Waals surface area contributed by atoms with E-state index in [2.05, 4.69) is 42.0 Å². The minimum Gasteiger partial charge on any atom is -0.351 e. The molecule has 118 valence electrons. The second-order valence-corrected chi connectivity index (χ2v) is 7.63. The van der Waals surface area contributed by atoms with Crippen LogP contribution in [0.5, 0.6) is 0 Å². The van der Waals surface area contributed by atoms with Gasteiger partial charge in [-0.05, 0) is 54.1 Å². The summed E-state index contributed by atoms with van der Waals surface area (Å²) in [5.41, 5.74) is 0.745. The predicted molar refractivity (Wildman–Crippen MR) is 90.6 cm³/mol. The average Bonchev–Trinajstić information content (AvgIpc) is 2.83. The van der Waals surface area contributed by atoms with Gasteiger partial charge >= 0.3 is 0 Å². The molecule has 0 spiro atoms. The minimum atomic E-state index is 0.0403. The number of rotatable bonds is 5. The topological polar surface area (TPSA) is 34.0 Å². The Labute approximate surface area is 136 Å². The number of nitrogens with one attached hydrogen (secondary N) is 1. The molecule has 0 bridgehead atoms. The molecular formula is C17H27BrN2O. The molecule has 2 rings (SSSR count). The maximum atomic E-state index is 12.3. The van der Waals surface area contributed by atoms with Gasteiger partial charge in [-0.15, -0.1) is 0 Å². The molecule has 1 amide bonds. The van der Waals surface area contributed by atoms with Gasteiger partial charge in [-0.25, -0.2) is 0 Å². The van der Waals surface area contributed by atoms with Gasteiger partial charge < -0.3 is 9.88 Å². The number of halogens is 1. The Hall–Kier alpha value is -0.770. The lowest BCUT2D eigenvalue weighted by Crippen LogP contribution is -2.29. The maximum absolute atomic E-state index is 12.3. The van der Waals surface area contributed by atoms with Gasteiger partial charge in [0, 0.05) is 23.3 Å². The van der Waals surface area contributed by atoms with Crippen LogP contribution in [-0.2, 0) is 0 Å². The Bertz CT molecular complexity index is 473. The lowest BCUT2D eigenvalue weighted by Gasteiger charge is -2.26. The van der Waals surface area contributed by atoms with Crippen LogP contribution >= 0.6 is 15.9 Å². The molecular weight excluding hydrogens is 328 g/mol. The van der Waals surface area contributed by atoms with Crippen LogP contribution in [0.15, 0.2) is 16.7 Å². The van der Waals surface area contributed by atoms with Gasteiger partial charge in [0.2, 0.25) is 0 Å². The van der Waals surface area contributed by atoms with Crippen molar-refractivity contribution in [2.75, 3.05) is 6.54 Å². The van der Waals surface area contributed by atoms with E-state index in [1.54, 1.807) is 0 Å². The van der Waals surface area contributed by atoms with Gasteiger partial charge in [0.25, 0.3) is 5.91 Å². The Morgan fingerprint density at radius 1 is 1.38 bits per heavy atom. The molecule has 21 heavy (non-hydrogen) atoms. The molecule has 3 nitrogen and oxygen atoms in total. The molecule has 1 saturated carbocycles. The first-order valence-electron chi connectivity index (χ1n) is 8.13. The van der Waals surface area contributed by atoms with Crippen LogP contribution in [0.1, 0.15) is 69.4 Å². The van der Waals surface area contributed by atoms with Crippen molar-refractivity contribution in [3.63, 3.8) is 0 Å². The van der Waals surface area contributed by atoms with Crippen LogP contribution in [0, 0.1) is 11.8 Å². The van der Waals surface area contributed by atoms with E-state index < -0.39 is 0 Å². The van der Waals surface area contributed by atoms with Crippen LogP contribution in [0.4, 0.5) is 0 Å². The highest BCUT2D eigenvalue weighted by Gasteiger charge is 2.19. The molecule has 1 N–H and O–H groups in total. The molecule has 4 heteroatoms. The summed E-state index contributed by atoms with van der Waals surface area (Å²) >= 11 is 3.46. The van der Waals surface area contributed by atoms with Gasteiger partial charge in [-0.3, -0.25) is 4.79 Å². The van der Waals surface area contributed by atoms with E-state index in [1.807, 2.05) is 16.8 Å². The molecule has 0 radical (unpaired) electrons. The Balaban J connectivity index is 1.82. The Morgan fingerprint density at radius 3 is 2.67 bits per heavy atom. The predicted octanol–water partition coefficient (Wildman–Crippen LogP) is 4.78. The summed E-state index contributed by atoms with van der Waals surface area (Å²) < 4.78 is 2.98. The summed E-state index contributed by atoms with van der Waals surface area (Å²) in [4.78, 5) is 12.3. The van der Waals surface area contributed by atoms with Crippen molar-refractivity contribution >= 4 is 21.8 Å². The summed E-state index contributed by atoms with van der Waals surface area (Å²) in [5, 5.41) is 3.09. The zero-order chi connectivity index (χ0) is 15.4. The number of nitrogens with zero attached hydrogens (tertiary/aromatic N) is 1. The second kappa shape index (κ2) is 7.48. The van der Waals surface area contributed by atoms with Crippen LogP contribution < -0.4 is 5.32 Å². The van der Waals surface area contributed by atoms with Crippen molar-refractivity contribution in [2.45, 2.75) is 58.9 Å². The molecule has 0 aliphatic heterocycles. The van der Waals surface area contributed by atoms with Crippen LogP contribution in [-0.4, -0.2) is 17.0 Å². The van der Waals surface area contributed by atoms with Gasteiger partial charge in [0.05, 0.1) is 0 Å². The summed E-state index contributed by atoms with van der Waals surface area (Å²) in [6.45, 7) is 7.31. The highest BCUT2D eigenvalue weighted by molar-refractivity contribution is 9.10. The monoisotopic (exact) mass is 354 g/mol. The van der Waals surface area contributed by atoms with Gasteiger partial charge in [0.1, 0.15) is 5.69 Å². The highest BCUT2D eigenvalue weighted by Crippen LogP contribution is 2.30. The second-order valence-electron chi connectivity index (χ2n) is 6.72. The zero-order valence-corrected chi connectivity index (χ0v) is 14.9. The van der Waals surface area contributed by atoms with Crippen LogP contribution in [0.2, 0.25) is 0 Å². The van der Waals surface area contributed by atoms with Crippen molar-refractivity contribution in [1.29, 1.82) is 0 Å². The van der Waals surface area contributed by atoms with E-state index >= 15 is 0 Å². The Morgan fingerprint density at radius 2 is 2.05 bits per heavy atom. The van der Waals surface area contributed by atoms with Gasteiger partial charge in [-0.1, -0.05) is 32.6 Å². The number of carbonyl (C=O) groups is 1. The lowest BCUT2D eigenvalue weighted by atomic mass is 9.81. The smallest absolute Gasteiger partial charge is 0.267 e. The number of hydrogen-bond donors (Lipinski definition) is 1. The van der Waals surface area contributed by atoms with E-state index in [0.717, 1.165) is 35.0 Å². The van der Waals surface area contributed by atoms with E-state index in [9.17, 15) is 4.79 Å². The molecule has 1 aromatic heterocycles. The fourth-order valence-electron chi connectivity index (χ4n) is 3.15. The minimum absolute atomic E-state index is 0.0403. The molecule has 1 heterocycles. The SMILES string of the molecule is CC1CCC(CCNC(=O)c2cc(Br)cn2C(C)C)CC1. The molecule has 0 saturated heterocycles.